The van der Waals surface area contributed by atoms with Crippen LogP contribution in [0.1, 0.15) is 118 Å². The zero-order chi connectivity index (χ0) is 35.1. The smallest absolute Gasteiger partial charge is 0.306 e. The van der Waals surface area contributed by atoms with Crippen molar-refractivity contribution in [2.75, 3.05) is 19.8 Å². The Bertz CT molecular complexity index is 1240. The summed E-state index contributed by atoms with van der Waals surface area (Å²) >= 11 is 0. The van der Waals surface area contributed by atoms with Gasteiger partial charge in [0, 0.05) is 44.9 Å². The first kappa shape index (κ1) is 37.6. The van der Waals surface area contributed by atoms with Crippen LogP contribution in [0.15, 0.2) is 11.6 Å². The number of esters is 5. The molecule has 0 saturated heterocycles. The van der Waals surface area contributed by atoms with Crippen LogP contribution < -0.4 is 0 Å². The molecule has 0 aromatic rings. The van der Waals surface area contributed by atoms with Gasteiger partial charge in [0.2, 0.25) is 0 Å². The highest BCUT2D eigenvalue weighted by Crippen LogP contribution is 2.65. The number of rotatable bonds is 15. The first-order chi connectivity index (χ1) is 22.7. The Balaban J connectivity index is 1.12. The van der Waals surface area contributed by atoms with E-state index in [-0.39, 0.29) is 73.7 Å². The molecule has 4 rings (SSSR count). The third-order valence-corrected chi connectivity index (χ3v) is 11.5. The van der Waals surface area contributed by atoms with Gasteiger partial charge in [-0.25, -0.2) is 0 Å². The highest BCUT2D eigenvalue weighted by molar-refractivity contribution is 5.91. The maximum atomic E-state index is 12.9. The monoisotopic (exact) mass is 674 g/mol. The lowest BCUT2D eigenvalue weighted by Crippen LogP contribution is -2.51. The van der Waals surface area contributed by atoms with Crippen molar-refractivity contribution < 1.29 is 52.5 Å². The summed E-state index contributed by atoms with van der Waals surface area (Å²) in [6, 6.07) is 0. The van der Waals surface area contributed by atoms with Gasteiger partial charge in [-0.3, -0.25) is 28.8 Å². The number of carbonyl (C=O) groups is 6. The quantitative estimate of drug-likeness (QED) is 0.121. The number of hydrogen-bond acceptors (Lipinski definition) is 11. The molecule has 3 saturated carbocycles. The van der Waals surface area contributed by atoms with Crippen molar-refractivity contribution in [1.82, 2.24) is 0 Å². The molecule has 0 heterocycles. The Hall–Kier alpha value is -3.24. The van der Waals surface area contributed by atoms with Crippen LogP contribution in [0.25, 0.3) is 0 Å². The molecule has 0 bridgehead atoms. The van der Waals surface area contributed by atoms with Crippen molar-refractivity contribution in [2.45, 2.75) is 130 Å². The van der Waals surface area contributed by atoms with Crippen LogP contribution in [-0.2, 0) is 52.5 Å². The van der Waals surface area contributed by atoms with Gasteiger partial charge in [0.25, 0.3) is 0 Å². The van der Waals surface area contributed by atoms with Crippen molar-refractivity contribution >= 4 is 35.6 Å². The summed E-state index contributed by atoms with van der Waals surface area (Å²) in [6.07, 6.45) is 10.1. The summed E-state index contributed by atoms with van der Waals surface area (Å²) < 4.78 is 26.4. The average Bonchev–Trinajstić information content (AvgIpc) is 3.34. The summed E-state index contributed by atoms with van der Waals surface area (Å²) in [5.74, 6) is -0.717. The van der Waals surface area contributed by atoms with Gasteiger partial charge in [0.1, 0.15) is 19.3 Å². The second-order valence-electron chi connectivity index (χ2n) is 15.0. The van der Waals surface area contributed by atoms with E-state index in [9.17, 15) is 28.8 Å². The number of unbranched alkanes of at least 4 members (excludes halogenated alkanes) is 1. The van der Waals surface area contributed by atoms with Crippen molar-refractivity contribution in [3.63, 3.8) is 0 Å². The van der Waals surface area contributed by atoms with Crippen molar-refractivity contribution in [2.24, 2.45) is 34.5 Å². The van der Waals surface area contributed by atoms with E-state index in [1.807, 2.05) is 6.08 Å². The molecular weight excluding hydrogens is 620 g/mol. The lowest BCUT2D eigenvalue weighted by atomic mass is 9.47. The molecule has 3 fully saturated rings. The molecule has 11 nitrogen and oxygen atoms in total. The summed E-state index contributed by atoms with van der Waals surface area (Å²) in [5, 5.41) is 0. The van der Waals surface area contributed by atoms with E-state index in [1.54, 1.807) is 6.92 Å². The third-order valence-electron chi connectivity index (χ3n) is 11.5. The van der Waals surface area contributed by atoms with E-state index >= 15 is 0 Å². The Kier molecular flexibility index (Phi) is 12.9. The Morgan fingerprint density at radius 2 is 1.50 bits per heavy atom. The van der Waals surface area contributed by atoms with E-state index in [2.05, 4.69) is 13.8 Å². The minimum atomic E-state index is -0.943. The van der Waals surface area contributed by atoms with Crippen LogP contribution in [0.3, 0.4) is 0 Å². The molecule has 4 aliphatic carbocycles. The van der Waals surface area contributed by atoms with E-state index in [0.717, 1.165) is 44.9 Å². The first-order valence-electron chi connectivity index (χ1n) is 17.8. The molecule has 0 aromatic heterocycles. The van der Waals surface area contributed by atoms with Gasteiger partial charge >= 0.3 is 29.8 Å². The molecule has 4 aliphatic rings. The van der Waals surface area contributed by atoms with Crippen molar-refractivity contribution in [3.05, 3.63) is 11.6 Å². The molecule has 0 radical (unpaired) electrons. The zero-order valence-electron chi connectivity index (χ0n) is 29.3. The third kappa shape index (κ3) is 9.47. The van der Waals surface area contributed by atoms with E-state index in [1.165, 1.54) is 19.4 Å². The highest BCUT2D eigenvalue weighted by Gasteiger charge is 2.60. The van der Waals surface area contributed by atoms with E-state index in [0.29, 0.717) is 37.0 Å². The largest absolute Gasteiger partial charge is 0.466 e. The van der Waals surface area contributed by atoms with E-state index < -0.39 is 30.0 Å². The van der Waals surface area contributed by atoms with Crippen LogP contribution in [-0.4, -0.2) is 67.7 Å². The summed E-state index contributed by atoms with van der Waals surface area (Å²) in [7, 11) is 0. The molecule has 7 atom stereocenters. The molecule has 0 aromatic carbocycles. The number of ketones is 1. The minimum Gasteiger partial charge on any atom is -0.466 e. The SMILES string of the molecule is CC(=O)OCC(COC(C)=O)OC(=O)CC(C)CC(=O)OCCCCC(=O)OC1CC[C@H]2C3CCC4=CC(=O)CCC4(C)[C@H]3CCC12C. The van der Waals surface area contributed by atoms with Gasteiger partial charge in [-0.05, 0) is 93.0 Å². The summed E-state index contributed by atoms with van der Waals surface area (Å²) in [4.78, 5) is 71.8. The van der Waals surface area contributed by atoms with Gasteiger partial charge in [-0.1, -0.05) is 26.3 Å². The van der Waals surface area contributed by atoms with Crippen LogP contribution in [0.2, 0.25) is 0 Å². The fourth-order valence-electron chi connectivity index (χ4n) is 8.95. The summed E-state index contributed by atoms with van der Waals surface area (Å²) in [6.45, 7) is 8.52. The number of allylic oxidation sites excluding steroid dienone is 1. The van der Waals surface area contributed by atoms with Gasteiger partial charge in [0.05, 0.1) is 6.61 Å². The molecule has 268 valence electrons. The molecule has 0 N–H and O–H groups in total. The van der Waals surface area contributed by atoms with E-state index in [4.69, 9.17) is 23.7 Å². The maximum Gasteiger partial charge on any atom is 0.306 e. The first-order valence-corrected chi connectivity index (χ1v) is 17.8. The van der Waals surface area contributed by atoms with Gasteiger partial charge < -0.3 is 23.7 Å². The van der Waals surface area contributed by atoms with Crippen LogP contribution in [0.5, 0.6) is 0 Å². The average molecular weight is 675 g/mol. The fourth-order valence-corrected chi connectivity index (χ4v) is 8.95. The number of hydrogen-bond donors (Lipinski definition) is 0. The number of carbonyl (C=O) groups excluding carboxylic acids is 6. The van der Waals surface area contributed by atoms with Gasteiger partial charge in [-0.15, -0.1) is 0 Å². The van der Waals surface area contributed by atoms with Crippen LogP contribution in [0, 0.1) is 34.5 Å². The Morgan fingerprint density at radius 1 is 0.812 bits per heavy atom. The Labute approximate surface area is 284 Å². The second-order valence-corrected chi connectivity index (χ2v) is 15.0. The molecule has 0 amide bonds. The van der Waals surface area contributed by atoms with Crippen LogP contribution in [0.4, 0.5) is 0 Å². The molecular formula is C37H54O11. The lowest BCUT2D eigenvalue weighted by Gasteiger charge is -2.57. The number of fused-ring (bicyclic) bond motifs is 5. The van der Waals surface area contributed by atoms with Crippen LogP contribution >= 0.6 is 0 Å². The van der Waals surface area contributed by atoms with Crippen molar-refractivity contribution in [3.8, 4) is 0 Å². The zero-order valence-corrected chi connectivity index (χ0v) is 29.3. The summed E-state index contributed by atoms with van der Waals surface area (Å²) in [5.41, 5.74) is 1.49. The number of ether oxygens (including phenoxy) is 5. The standard InChI is InChI=1S/C37H54O11/c1-23(19-35(43)47-28(21-45-24(2)38)22-46-25(3)39)18-34(42)44-17-7-6-8-33(41)48-32-12-11-30-29-10-9-26-20-27(40)13-15-36(26,4)31(29)14-16-37(30,32)5/h20,23,28-32H,6-19,21-22H2,1-5H3/t23?,29?,30-,31-,32?,36?,37?/m0/s1. The minimum absolute atomic E-state index is 0.00779. The van der Waals surface area contributed by atoms with Gasteiger partial charge in [0.15, 0.2) is 11.9 Å². The maximum absolute atomic E-state index is 12.9. The normalized spacial score (nSPS) is 29.8. The second kappa shape index (κ2) is 16.4. The predicted molar refractivity (Wildman–Crippen MR) is 173 cm³/mol. The molecule has 0 aliphatic heterocycles. The van der Waals surface area contributed by atoms with Crippen molar-refractivity contribution in [1.29, 1.82) is 0 Å². The lowest BCUT2D eigenvalue weighted by molar-refractivity contribution is -0.166. The fraction of sp³-hybridized carbons (Fsp3) is 0.784. The topological polar surface area (TPSA) is 149 Å². The molecule has 48 heavy (non-hydrogen) atoms. The molecule has 5 unspecified atom stereocenters. The Morgan fingerprint density at radius 3 is 2.19 bits per heavy atom. The highest BCUT2D eigenvalue weighted by atomic mass is 16.6. The predicted octanol–water partition coefficient (Wildman–Crippen LogP) is 5.60. The molecule has 11 heteroatoms. The molecule has 0 spiro atoms. The van der Waals surface area contributed by atoms with Gasteiger partial charge in [-0.2, -0.15) is 0 Å².